The van der Waals surface area contributed by atoms with E-state index in [0.717, 1.165) is 31.8 Å². The van der Waals surface area contributed by atoms with Crippen LogP contribution in [0.15, 0.2) is 43.2 Å². The Hall–Kier alpha value is -1.44. The van der Waals surface area contributed by atoms with Crippen LogP contribution in [-0.2, 0) is 4.74 Å². The van der Waals surface area contributed by atoms with Gasteiger partial charge in [0.05, 0.1) is 19.5 Å². The number of rotatable bonds is 10. The van der Waals surface area contributed by atoms with Crippen molar-refractivity contribution >= 4 is 0 Å². The van der Waals surface area contributed by atoms with Crippen molar-refractivity contribution in [3.8, 4) is 5.75 Å². The third kappa shape index (κ3) is 7.45. The van der Waals surface area contributed by atoms with Gasteiger partial charge < -0.3 is 9.47 Å². The molecule has 0 unspecified atom stereocenters. The van der Waals surface area contributed by atoms with Crippen molar-refractivity contribution in [1.82, 2.24) is 0 Å². The lowest BCUT2D eigenvalue weighted by atomic mass is 10.1. The molecule has 0 aromatic heterocycles. The first-order chi connectivity index (χ1) is 8.43. The minimum Gasteiger partial charge on any atom is -0.502 e. The summed E-state index contributed by atoms with van der Waals surface area (Å²) in [6.07, 6.45) is 7.44. The number of ether oxygens (including phenoxy) is 2. The first-order valence-electron chi connectivity index (χ1n) is 6.34. The maximum Gasteiger partial charge on any atom is 0.119 e. The van der Waals surface area contributed by atoms with E-state index < -0.39 is 0 Å². The van der Waals surface area contributed by atoms with E-state index in [0.29, 0.717) is 0 Å². The molecule has 0 bridgehead atoms. The van der Waals surface area contributed by atoms with E-state index in [1.807, 2.05) is 30.3 Å². The van der Waals surface area contributed by atoms with E-state index in [1.54, 1.807) is 0 Å². The van der Waals surface area contributed by atoms with Crippen molar-refractivity contribution in [2.45, 2.75) is 32.1 Å². The Labute approximate surface area is 104 Å². The van der Waals surface area contributed by atoms with Crippen molar-refractivity contribution < 1.29 is 9.47 Å². The Morgan fingerprint density at radius 2 is 1.53 bits per heavy atom. The summed E-state index contributed by atoms with van der Waals surface area (Å²) in [4.78, 5) is 0. The van der Waals surface area contributed by atoms with Crippen LogP contribution in [0.25, 0.3) is 0 Å². The van der Waals surface area contributed by atoms with Crippen molar-refractivity contribution in [1.29, 1.82) is 0 Å². The maximum atomic E-state index is 5.61. The Bertz CT molecular complexity index is 282. The summed E-state index contributed by atoms with van der Waals surface area (Å²) in [6, 6.07) is 9.97. The highest BCUT2D eigenvalue weighted by Gasteiger charge is 1.93. The molecule has 1 rings (SSSR count). The van der Waals surface area contributed by atoms with Gasteiger partial charge in [-0.1, -0.05) is 44.0 Å². The van der Waals surface area contributed by atoms with Crippen molar-refractivity contribution in [2.24, 2.45) is 0 Å². The van der Waals surface area contributed by atoms with E-state index in [1.165, 1.54) is 25.5 Å². The Balaban J connectivity index is 1.86. The van der Waals surface area contributed by atoms with E-state index in [-0.39, 0.29) is 0 Å². The van der Waals surface area contributed by atoms with E-state index in [2.05, 4.69) is 6.58 Å². The van der Waals surface area contributed by atoms with E-state index >= 15 is 0 Å². The number of para-hydroxylation sites is 1. The summed E-state index contributed by atoms with van der Waals surface area (Å²) < 4.78 is 10.7. The molecule has 0 aliphatic heterocycles. The van der Waals surface area contributed by atoms with Gasteiger partial charge in [-0.25, -0.2) is 0 Å². The van der Waals surface area contributed by atoms with E-state index in [4.69, 9.17) is 9.47 Å². The van der Waals surface area contributed by atoms with Crippen molar-refractivity contribution in [3.05, 3.63) is 43.2 Å². The SMILES string of the molecule is C=COCCCCCCCOc1ccccc1. The van der Waals surface area contributed by atoms with Crippen LogP contribution < -0.4 is 4.74 Å². The van der Waals surface area contributed by atoms with Crippen LogP contribution >= 0.6 is 0 Å². The summed E-state index contributed by atoms with van der Waals surface area (Å²) in [5.74, 6) is 0.965. The molecule has 2 heteroatoms. The molecule has 17 heavy (non-hydrogen) atoms. The topological polar surface area (TPSA) is 18.5 Å². The lowest BCUT2D eigenvalue weighted by molar-refractivity contribution is 0.240. The fourth-order valence-corrected chi connectivity index (χ4v) is 1.61. The molecule has 0 radical (unpaired) electrons. The zero-order chi connectivity index (χ0) is 12.2. The van der Waals surface area contributed by atoms with Crippen LogP contribution in [-0.4, -0.2) is 13.2 Å². The Kier molecular flexibility index (Phi) is 7.82. The molecule has 0 saturated carbocycles. The number of hydrogen-bond acceptors (Lipinski definition) is 2. The quantitative estimate of drug-likeness (QED) is 0.446. The highest BCUT2D eigenvalue weighted by atomic mass is 16.5. The average Bonchev–Trinajstić information content (AvgIpc) is 2.38. The molecule has 0 saturated heterocycles. The molecule has 0 amide bonds. The zero-order valence-corrected chi connectivity index (χ0v) is 10.4. The van der Waals surface area contributed by atoms with Gasteiger partial charge in [0, 0.05) is 0 Å². The molecule has 1 aromatic carbocycles. The largest absolute Gasteiger partial charge is 0.502 e. The van der Waals surface area contributed by atoms with Gasteiger partial charge >= 0.3 is 0 Å². The molecule has 94 valence electrons. The van der Waals surface area contributed by atoms with Crippen LogP contribution in [0.1, 0.15) is 32.1 Å². The van der Waals surface area contributed by atoms with Crippen LogP contribution in [0, 0.1) is 0 Å². The summed E-state index contributed by atoms with van der Waals surface area (Å²) >= 11 is 0. The molecule has 0 fully saturated rings. The molecule has 2 nitrogen and oxygen atoms in total. The van der Waals surface area contributed by atoms with Crippen molar-refractivity contribution in [3.63, 3.8) is 0 Å². The third-order valence-electron chi connectivity index (χ3n) is 2.54. The molecule has 0 heterocycles. The van der Waals surface area contributed by atoms with Gasteiger partial charge in [-0.15, -0.1) is 0 Å². The number of unbranched alkanes of at least 4 members (excludes halogenated alkanes) is 4. The third-order valence-corrected chi connectivity index (χ3v) is 2.54. The first-order valence-corrected chi connectivity index (χ1v) is 6.34. The Morgan fingerprint density at radius 1 is 0.882 bits per heavy atom. The molecule has 0 aliphatic rings. The highest BCUT2D eigenvalue weighted by molar-refractivity contribution is 5.20. The summed E-state index contributed by atoms with van der Waals surface area (Å²) in [5, 5.41) is 0. The molecule has 0 atom stereocenters. The molecule has 0 aliphatic carbocycles. The minimum atomic E-state index is 0.796. The lowest BCUT2D eigenvalue weighted by Gasteiger charge is -2.05. The summed E-state index contributed by atoms with van der Waals surface area (Å²) in [7, 11) is 0. The van der Waals surface area contributed by atoms with Gasteiger partial charge in [0.2, 0.25) is 0 Å². The summed E-state index contributed by atoms with van der Waals surface area (Å²) in [6.45, 7) is 5.12. The van der Waals surface area contributed by atoms with Crippen molar-refractivity contribution in [2.75, 3.05) is 13.2 Å². The van der Waals surface area contributed by atoms with Crippen LogP contribution in [0.2, 0.25) is 0 Å². The second-order valence-electron chi connectivity index (χ2n) is 3.97. The number of hydrogen-bond donors (Lipinski definition) is 0. The van der Waals surface area contributed by atoms with Gasteiger partial charge in [-0.3, -0.25) is 0 Å². The smallest absolute Gasteiger partial charge is 0.119 e. The second kappa shape index (κ2) is 9.76. The normalized spacial score (nSPS) is 9.88. The molecule has 1 aromatic rings. The lowest BCUT2D eigenvalue weighted by Crippen LogP contribution is -1.97. The van der Waals surface area contributed by atoms with Gasteiger partial charge in [0.1, 0.15) is 5.75 Å². The van der Waals surface area contributed by atoms with Crippen LogP contribution in [0.5, 0.6) is 5.75 Å². The van der Waals surface area contributed by atoms with E-state index in [9.17, 15) is 0 Å². The Morgan fingerprint density at radius 3 is 2.24 bits per heavy atom. The molecular formula is C15H22O2. The fraction of sp³-hybridized carbons (Fsp3) is 0.467. The minimum absolute atomic E-state index is 0.796. The zero-order valence-electron chi connectivity index (χ0n) is 10.4. The van der Waals surface area contributed by atoms with Gasteiger partial charge in [-0.2, -0.15) is 0 Å². The van der Waals surface area contributed by atoms with Crippen LogP contribution in [0.3, 0.4) is 0 Å². The molecule has 0 N–H and O–H groups in total. The predicted octanol–water partition coefficient (Wildman–Crippen LogP) is 4.18. The standard InChI is InChI=1S/C15H22O2/c1-2-16-13-9-4-3-5-10-14-17-15-11-7-6-8-12-15/h2,6-8,11-12H,1,3-5,9-10,13-14H2. The monoisotopic (exact) mass is 234 g/mol. The highest BCUT2D eigenvalue weighted by Crippen LogP contribution is 2.10. The molecular weight excluding hydrogens is 212 g/mol. The maximum absolute atomic E-state index is 5.61. The number of benzene rings is 1. The van der Waals surface area contributed by atoms with Gasteiger partial charge in [0.25, 0.3) is 0 Å². The summed E-state index contributed by atoms with van der Waals surface area (Å²) in [5.41, 5.74) is 0. The average molecular weight is 234 g/mol. The van der Waals surface area contributed by atoms with Gasteiger partial charge in [0.15, 0.2) is 0 Å². The first kappa shape index (κ1) is 13.6. The van der Waals surface area contributed by atoms with Gasteiger partial charge in [-0.05, 0) is 25.0 Å². The predicted molar refractivity (Wildman–Crippen MR) is 71.2 cm³/mol. The fourth-order valence-electron chi connectivity index (χ4n) is 1.61. The van der Waals surface area contributed by atoms with Crippen LogP contribution in [0.4, 0.5) is 0 Å². The second-order valence-corrected chi connectivity index (χ2v) is 3.97. The molecule has 0 spiro atoms.